The first-order valence-corrected chi connectivity index (χ1v) is 5.26. The third-order valence-corrected chi connectivity index (χ3v) is 2.42. The summed E-state index contributed by atoms with van der Waals surface area (Å²) < 4.78 is 0. The number of nitrogen functional groups attached to an aromatic ring is 1. The van der Waals surface area contributed by atoms with Crippen LogP contribution in [0.25, 0.3) is 0 Å². The van der Waals surface area contributed by atoms with Gasteiger partial charge in [-0.25, -0.2) is 0 Å². The number of nitrogens with one attached hydrogen (secondary N) is 1. The molecule has 0 fully saturated rings. The van der Waals surface area contributed by atoms with Crippen molar-refractivity contribution < 1.29 is 15.0 Å². The second kappa shape index (κ2) is 4.67. The maximum Gasteiger partial charge on any atom is 0.263 e. The highest BCUT2D eigenvalue weighted by Gasteiger charge is 2.15. The summed E-state index contributed by atoms with van der Waals surface area (Å²) in [5.41, 5.74) is 6.47. The van der Waals surface area contributed by atoms with Gasteiger partial charge in [0.25, 0.3) is 5.91 Å². The molecule has 0 atom stereocenters. The van der Waals surface area contributed by atoms with Crippen LogP contribution in [0.5, 0.6) is 11.5 Å². The zero-order valence-corrected chi connectivity index (χ0v) is 9.42. The van der Waals surface area contributed by atoms with Crippen LogP contribution in [-0.4, -0.2) is 16.1 Å². The highest BCUT2D eigenvalue weighted by atomic mass is 16.3. The van der Waals surface area contributed by atoms with Crippen molar-refractivity contribution in [3.63, 3.8) is 0 Å². The molecule has 2 aromatic rings. The Morgan fingerprint density at radius 3 is 2.11 bits per heavy atom. The molecule has 5 N–H and O–H groups in total. The van der Waals surface area contributed by atoms with Gasteiger partial charge < -0.3 is 21.3 Å². The Morgan fingerprint density at radius 2 is 1.56 bits per heavy atom. The lowest BCUT2D eigenvalue weighted by atomic mass is 10.1. The van der Waals surface area contributed by atoms with E-state index in [-0.39, 0.29) is 17.1 Å². The minimum Gasteiger partial charge on any atom is -0.507 e. The van der Waals surface area contributed by atoms with Gasteiger partial charge in [0.1, 0.15) is 17.1 Å². The molecule has 0 saturated carbocycles. The predicted octanol–water partition coefficient (Wildman–Crippen LogP) is 1.93. The number of nitrogens with two attached hydrogens (primary N) is 1. The molecule has 0 aromatic heterocycles. The highest BCUT2D eigenvalue weighted by Crippen LogP contribution is 2.27. The Bertz CT molecular complexity index is 559. The Kier molecular flexibility index (Phi) is 3.05. The van der Waals surface area contributed by atoms with E-state index < -0.39 is 5.91 Å². The molecule has 0 saturated heterocycles. The third-order valence-electron chi connectivity index (χ3n) is 2.42. The number of hydrogen-bond acceptors (Lipinski definition) is 4. The summed E-state index contributed by atoms with van der Waals surface area (Å²) in [7, 11) is 0. The standard InChI is InChI=1S/C13H12N2O3/c14-8-4-6-9(7-5-8)15-13(18)12-10(16)2-1-3-11(12)17/h1-7,16-17H,14H2,(H,15,18). The van der Waals surface area contributed by atoms with Gasteiger partial charge in [-0.05, 0) is 36.4 Å². The first-order valence-electron chi connectivity index (χ1n) is 5.26. The molecule has 2 aromatic carbocycles. The van der Waals surface area contributed by atoms with Gasteiger partial charge in [-0.3, -0.25) is 4.79 Å². The molecule has 0 bridgehead atoms. The fraction of sp³-hybridized carbons (Fsp3) is 0. The van der Waals surface area contributed by atoms with E-state index in [1.165, 1.54) is 18.2 Å². The smallest absolute Gasteiger partial charge is 0.263 e. The minimum absolute atomic E-state index is 0.158. The number of phenolic OH excluding ortho intramolecular Hbond substituents is 2. The van der Waals surface area contributed by atoms with Gasteiger partial charge >= 0.3 is 0 Å². The fourth-order valence-corrected chi connectivity index (χ4v) is 1.52. The number of aromatic hydroxyl groups is 2. The normalized spacial score (nSPS) is 10.0. The van der Waals surface area contributed by atoms with E-state index in [0.29, 0.717) is 11.4 Å². The van der Waals surface area contributed by atoms with E-state index in [9.17, 15) is 15.0 Å². The number of anilines is 2. The second-order valence-corrected chi connectivity index (χ2v) is 3.75. The van der Waals surface area contributed by atoms with Gasteiger partial charge in [0.15, 0.2) is 0 Å². The molecule has 18 heavy (non-hydrogen) atoms. The Hall–Kier alpha value is -2.69. The molecule has 0 heterocycles. The number of benzene rings is 2. The molecular weight excluding hydrogens is 232 g/mol. The summed E-state index contributed by atoms with van der Waals surface area (Å²) in [6.45, 7) is 0. The van der Waals surface area contributed by atoms with Crippen molar-refractivity contribution >= 4 is 17.3 Å². The molecule has 1 amide bonds. The average molecular weight is 244 g/mol. The molecule has 2 rings (SSSR count). The molecule has 0 spiro atoms. The van der Waals surface area contributed by atoms with Gasteiger partial charge in [-0.15, -0.1) is 0 Å². The van der Waals surface area contributed by atoms with Crippen LogP contribution in [0.2, 0.25) is 0 Å². The zero-order valence-electron chi connectivity index (χ0n) is 9.42. The van der Waals surface area contributed by atoms with Gasteiger partial charge in [0.2, 0.25) is 0 Å². The minimum atomic E-state index is -0.588. The molecule has 5 nitrogen and oxygen atoms in total. The number of carbonyl (C=O) groups excluding carboxylic acids is 1. The van der Waals surface area contributed by atoms with Crippen molar-refractivity contribution in [2.45, 2.75) is 0 Å². The molecule has 0 aliphatic heterocycles. The maximum atomic E-state index is 11.9. The summed E-state index contributed by atoms with van der Waals surface area (Å²) in [6, 6.07) is 10.6. The monoisotopic (exact) mass is 244 g/mol. The molecule has 0 radical (unpaired) electrons. The Morgan fingerprint density at radius 1 is 1.00 bits per heavy atom. The van der Waals surface area contributed by atoms with Gasteiger partial charge in [-0.2, -0.15) is 0 Å². The van der Waals surface area contributed by atoms with Crippen molar-refractivity contribution in [1.82, 2.24) is 0 Å². The molecule has 0 aliphatic rings. The number of phenols is 2. The maximum absolute atomic E-state index is 11.9. The van der Waals surface area contributed by atoms with Crippen LogP contribution in [0.4, 0.5) is 11.4 Å². The SMILES string of the molecule is Nc1ccc(NC(=O)c2c(O)cccc2O)cc1. The molecule has 0 aliphatic carbocycles. The summed E-state index contributed by atoms with van der Waals surface area (Å²) in [5.74, 6) is -1.14. The third kappa shape index (κ3) is 2.35. The quantitative estimate of drug-likeness (QED) is 0.607. The average Bonchev–Trinajstić information content (AvgIpc) is 2.32. The fourth-order valence-electron chi connectivity index (χ4n) is 1.52. The van der Waals surface area contributed by atoms with E-state index in [1.807, 2.05) is 0 Å². The summed E-state index contributed by atoms with van der Waals surface area (Å²) in [4.78, 5) is 11.9. The van der Waals surface area contributed by atoms with E-state index >= 15 is 0 Å². The molecule has 5 heteroatoms. The summed E-state index contributed by atoms with van der Waals surface area (Å²) in [6.07, 6.45) is 0. The van der Waals surface area contributed by atoms with E-state index in [4.69, 9.17) is 5.73 Å². The predicted molar refractivity (Wildman–Crippen MR) is 68.6 cm³/mol. The van der Waals surface area contributed by atoms with Crippen LogP contribution in [0.15, 0.2) is 42.5 Å². The molecule has 92 valence electrons. The van der Waals surface area contributed by atoms with Gasteiger partial charge in [0, 0.05) is 11.4 Å². The second-order valence-electron chi connectivity index (χ2n) is 3.75. The number of rotatable bonds is 2. The van der Waals surface area contributed by atoms with Crippen LogP contribution in [-0.2, 0) is 0 Å². The van der Waals surface area contributed by atoms with E-state index in [1.54, 1.807) is 24.3 Å². The van der Waals surface area contributed by atoms with Crippen molar-refractivity contribution in [3.8, 4) is 11.5 Å². The first kappa shape index (κ1) is 11.8. The molecular formula is C13H12N2O3. The Labute approximate surface area is 103 Å². The van der Waals surface area contributed by atoms with Crippen molar-refractivity contribution in [2.24, 2.45) is 0 Å². The summed E-state index contributed by atoms with van der Waals surface area (Å²) in [5, 5.41) is 21.6. The van der Waals surface area contributed by atoms with E-state index in [0.717, 1.165) is 0 Å². The lowest BCUT2D eigenvalue weighted by Gasteiger charge is -2.08. The zero-order chi connectivity index (χ0) is 13.1. The Balaban J connectivity index is 2.25. The number of hydrogen-bond donors (Lipinski definition) is 4. The lowest BCUT2D eigenvalue weighted by molar-refractivity contribution is 0.102. The van der Waals surface area contributed by atoms with Gasteiger partial charge in [-0.1, -0.05) is 6.07 Å². The number of amides is 1. The van der Waals surface area contributed by atoms with Crippen LogP contribution in [0, 0.1) is 0 Å². The van der Waals surface area contributed by atoms with Crippen molar-refractivity contribution in [1.29, 1.82) is 0 Å². The van der Waals surface area contributed by atoms with Crippen LogP contribution >= 0.6 is 0 Å². The summed E-state index contributed by atoms with van der Waals surface area (Å²) >= 11 is 0. The van der Waals surface area contributed by atoms with Crippen molar-refractivity contribution in [3.05, 3.63) is 48.0 Å². The van der Waals surface area contributed by atoms with Crippen molar-refractivity contribution in [2.75, 3.05) is 11.1 Å². The van der Waals surface area contributed by atoms with Crippen LogP contribution < -0.4 is 11.1 Å². The largest absolute Gasteiger partial charge is 0.507 e. The topological polar surface area (TPSA) is 95.6 Å². The number of carbonyl (C=O) groups is 1. The highest BCUT2D eigenvalue weighted by molar-refractivity contribution is 6.08. The van der Waals surface area contributed by atoms with Crippen LogP contribution in [0.1, 0.15) is 10.4 Å². The first-order chi connectivity index (χ1) is 8.58. The molecule has 0 unspecified atom stereocenters. The van der Waals surface area contributed by atoms with Gasteiger partial charge in [0.05, 0.1) is 0 Å². The lowest BCUT2D eigenvalue weighted by Crippen LogP contribution is -2.12. The van der Waals surface area contributed by atoms with E-state index in [2.05, 4.69) is 5.32 Å². The van der Waals surface area contributed by atoms with Crippen LogP contribution in [0.3, 0.4) is 0 Å².